The van der Waals surface area contributed by atoms with E-state index in [1.165, 1.54) is 0 Å². The Hall–Kier alpha value is -3.85. The molecule has 4 rings (SSSR count). The number of phenolic OH excluding ortho intramolecular Hbond substituents is 1. The summed E-state index contributed by atoms with van der Waals surface area (Å²) in [4.78, 5) is 8.76. The van der Waals surface area contributed by atoms with E-state index in [2.05, 4.69) is 9.97 Å². The molecule has 0 bridgehead atoms. The molecule has 2 aromatic heterocycles. The van der Waals surface area contributed by atoms with Crippen molar-refractivity contribution in [3.63, 3.8) is 0 Å². The molecular formula is C20H14N4O2. The van der Waals surface area contributed by atoms with E-state index in [1.807, 2.05) is 37.3 Å². The molecule has 0 saturated carbocycles. The fourth-order valence-corrected chi connectivity index (χ4v) is 2.88. The minimum absolute atomic E-state index is 0.0544. The second kappa shape index (κ2) is 5.90. The highest BCUT2D eigenvalue weighted by Crippen LogP contribution is 2.34. The summed E-state index contributed by atoms with van der Waals surface area (Å²) in [5.41, 5.74) is 7.63. The van der Waals surface area contributed by atoms with Crippen molar-refractivity contribution < 1.29 is 9.52 Å². The molecule has 0 aliphatic carbocycles. The monoisotopic (exact) mass is 342 g/mol. The van der Waals surface area contributed by atoms with Crippen molar-refractivity contribution in [3.8, 4) is 34.5 Å². The van der Waals surface area contributed by atoms with Crippen LogP contribution in [0.15, 0.2) is 52.9 Å². The smallest absolute Gasteiger partial charge is 0.183 e. The first-order chi connectivity index (χ1) is 12.6. The predicted octanol–water partition coefficient (Wildman–Crippen LogP) is 4.02. The first-order valence-electron chi connectivity index (χ1n) is 7.93. The van der Waals surface area contributed by atoms with E-state index >= 15 is 0 Å². The summed E-state index contributed by atoms with van der Waals surface area (Å²) in [7, 11) is 0. The summed E-state index contributed by atoms with van der Waals surface area (Å²) in [5.74, 6) is 1.52. The van der Waals surface area contributed by atoms with Gasteiger partial charge in [0.25, 0.3) is 0 Å². The van der Waals surface area contributed by atoms with Gasteiger partial charge in [-0.25, -0.2) is 9.97 Å². The molecule has 0 aliphatic heterocycles. The summed E-state index contributed by atoms with van der Waals surface area (Å²) >= 11 is 0. The number of nitrogen functional groups attached to an aromatic ring is 1. The first kappa shape index (κ1) is 15.7. The van der Waals surface area contributed by atoms with E-state index in [0.29, 0.717) is 17.1 Å². The van der Waals surface area contributed by atoms with Crippen molar-refractivity contribution in [2.24, 2.45) is 0 Å². The molecule has 0 saturated heterocycles. The molecule has 6 nitrogen and oxygen atoms in total. The highest BCUT2D eigenvalue weighted by atomic mass is 16.3. The number of phenols is 1. The number of anilines is 1. The van der Waals surface area contributed by atoms with Gasteiger partial charge in [0.15, 0.2) is 17.3 Å². The van der Waals surface area contributed by atoms with Crippen LogP contribution in [0, 0.1) is 18.3 Å². The molecule has 0 atom stereocenters. The van der Waals surface area contributed by atoms with Crippen molar-refractivity contribution in [2.75, 3.05) is 5.73 Å². The van der Waals surface area contributed by atoms with Gasteiger partial charge in [-0.3, -0.25) is 0 Å². The van der Waals surface area contributed by atoms with E-state index in [1.54, 1.807) is 24.3 Å². The Morgan fingerprint density at radius 2 is 1.92 bits per heavy atom. The van der Waals surface area contributed by atoms with Crippen molar-refractivity contribution in [3.05, 3.63) is 60.0 Å². The van der Waals surface area contributed by atoms with Gasteiger partial charge in [-0.1, -0.05) is 18.2 Å². The molecule has 0 aliphatic rings. The van der Waals surface area contributed by atoms with Gasteiger partial charge in [-0.2, -0.15) is 5.26 Å². The van der Waals surface area contributed by atoms with Crippen LogP contribution >= 0.6 is 0 Å². The number of benzene rings is 2. The topological polar surface area (TPSA) is 109 Å². The van der Waals surface area contributed by atoms with Crippen molar-refractivity contribution in [1.29, 1.82) is 5.26 Å². The number of nitrogens with two attached hydrogens (primary N) is 1. The van der Waals surface area contributed by atoms with Crippen LogP contribution in [0.3, 0.4) is 0 Å². The second-order valence-corrected chi connectivity index (χ2v) is 5.89. The molecule has 0 amide bonds. The Balaban J connectivity index is 1.99. The molecule has 126 valence electrons. The van der Waals surface area contributed by atoms with Crippen LogP contribution in [0.4, 0.5) is 5.82 Å². The number of furan rings is 1. The average molecular weight is 342 g/mol. The van der Waals surface area contributed by atoms with Crippen LogP contribution in [0.1, 0.15) is 11.5 Å². The summed E-state index contributed by atoms with van der Waals surface area (Å²) in [5, 5.41) is 20.8. The molecule has 2 heterocycles. The summed E-state index contributed by atoms with van der Waals surface area (Å²) < 4.78 is 5.69. The third kappa shape index (κ3) is 2.52. The Kier molecular flexibility index (Phi) is 3.55. The maximum Gasteiger partial charge on any atom is 0.183 e. The summed E-state index contributed by atoms with van der Waals surface area (Å²) in [6, 6.07) is 16.4. The quantitative estimate of drug-likeness (QED) is 0.569. The predicted molar refractivity (Wildman–Crippen MR) is 98.2 cm³/mol. The van der Waals surface area contributed by atoms with E-state index in [4.69, 9.17) is 10.2 Å². The number of hydrogen-bond acceptors (Lipinski definition) is 6. The van der Waals surface area contributed by atoms with E-state index in [0.717, 1.165) is 22.1 Å². The van der Waals surface area contributed by atoms with Crippen LogP contribution in [-0.2, 0) is 0 Å². The number of fused-ring (bicyclic) bond motifs is 1. The van der Waals surface area contributed by atoms with Crippen molar-refractivity contribution >= 4 is 16.6 Å². The molecule has 3 N–H and O–H groups in total. The van der Waals surface area contributed by atoms with Crippen LogP contribution in [0.5, 0.6) is 5.75 Å². The lowest BCUT2D eigenvalue weighted by atomic mass is 10.0. The lowest BCUT2D eigenvalue weighted by molar-refractivity contribution is 0.481. The summed E-state index contributed by atoms with van der Waals surface area (Å²) in [6.45, 7) is 1.84. The van der Waals surface area contributed by atoms with Gasteiger partial charge in [-0.15, -0.1) is 0 Å². The van der Waals surface area contributed by atoms with Crippen LogP contribution in [0.25, 0.3) is 33.5 Å². The third-order valence-electron chi connectivity index (χ3n) is 4.13. The highest BCUT2D eigenvalue weighted by molar-refractivity contribution is 5.92. The lowest BCUT2D eigenvalue weighted by Crippen LogP contribution is -2.02. The molecule has 26 heavy (non-hydrogen) atoms. The number of rotatable bonds is 2. The van der Waals surface area contributed by atoms with Crippen LogP contribution in [0.2, 0.25) is 0 Å². The Labute approximate surface area is 149 Å². The van der Waals surface area contributed by atoms with Gasteiger partial charge in [0.1, 0.15) is 29.0 Å². The van der Waals surface area contributed by atoms with E-state index in [-0.39, 0.29) is 17.3 Å². The maximum absolute atomic E-state index is 9.98. The highest BCUT2D eigenvalue weighted by Gasteiger charge is 2.18. The zero-order chi connectivity index (χ0) is 18.3. The van der Waals surface area contributed by atoms with Gasteiger partial charge in [0, 0.05) is 10.9 Å². The molecule has 0 radical (unpaired) electrons. The Morgan fingerprint density at radius 3 is 2.65 bits per heavy atom. The Morgan fingerprint density at radius 1 is 1.08 bits per heavy atom. The minimum atomic E-state index is 0.0544. The lowest BCUT2D eigenvalue weighted by Gasteiger charge is -2.10. The molecule has 6 heteroatoms. The van der Waals surface area contributed by atoms with Gasteiger partial charge in [0.2, 0.25) is 0 Å². The number of aromatic hydroxyl groups is 1. The minimum Gasteiger partial charge on any atom is -0.507 e. The number of nitrogens with zero attached hydrogens (tertiary/aromatic N) is 3. The first-order valence-corrected chi connectivity index (χ1v) is 7.93. The zero-order valence-corrected chi connectivity index (χ0v) is 13.9. The third-order valence-corrected chi connectivity index (χ3v) is 4.13. The maximum atomic E-state index is 9.98. The van der Waals surface area contributed by atoms with Crippen molar-refractivity contribution in [2.45, 2.75) is 6.92 Å². The van der Waals surface area contributed by atoms with Crippen LogP contribution in [-0.4, -0.2) is 15.1 Å². The molecule has 0 fully saturated rings. The largest absolute Gasteiger partial charge is 0.507 e. The molecular weight excluding hydrogens is 328 g/mol. The molecule has 4 aromatic rings. The molecule has 0 unspecified atom stereocenters. The second-order valence-electron chi connectivity index (χ2n) is 5.89. The van der Waals surface area contributed by atoms with Gasteiger partial charge in [0.05, 0.1) is 0 Å². The van der Waals surface area contributed by atoms with E-state index < -0.39 is 0 Å². The number of nitriles is 1. The normalized spacial score (nSPS) is 10.8. The Bertz CT molecular complexity index is 1190. The number of hydrogen-bond donors (Lipinski definition) is 2. The number of aryl methyl sites for hydroxylation is 1. The SMILES string of the molecule is Cc1ccc(-c2nc(N)c(C#N)nc2-c2ccc3c(O)cccc3c2)o1. The standard InChI is InChI=1S/C20H14N4O2/c1-11-5-8-17(26-11)19-18(23-15(10-21)20(22)24-19)13-6-7-14-12(9-13)3-2-4-16(14)25/h2-9,25H,1H3,(H2,22,24). The zero-order valence-electron chi connectivity index (χ0n) is 13.9. The van der Waals surface area contributed by atoms with Gasteiger partial charge in [-0.05, 0) is 42.6 Å². The van der Waals surface area contributed by atoms with Gasteiger partial charge < -0.3 is 15.3 Å². The fraction of sp³-hybridized carbons (Fsp3) is 0.0500. The van der Waals surface area contributed by atoms with Crippen LogP contribution < -0.4 is 5.73 Å². The molecule has 2 aromatic carbocycles. The summed E-state index contributed by atoms with van der Waals surface area (Å²) in [6.07, 6.45) is 0. The van der Waals surface area contributed by atoms with E-state index in [9.17, 15) is 10.4 Å². The van der Waals surface area contributed by atoms with Gasteiger partial charge >= 0.3 is 0 Å². The van der Waals surface area contributed by atoms with Crippen molar-refractivity contribution in [1.82, 2.24) is 9.97 Å². The average Bonchev–Trinajstić information content (AvgIpc) is 3.07. The molecule has 0 spiro atoms. The number of aromatic nitrogens is 2. The fourth-order valence-electron chi connectivity index (χ4n) is 2.88.